The van der Waals surface area contributed by atoms with Crippen molar-refractivity contribution in [3.63, 3.8) is 0 Å². The molecule has 0 spiro atoms. The van der Waals surface area contributed by atoms with Crippen LogP contribution in [0.1, 0.15) is 0 Å². The second-order valence-corrected chi connectivity index (χ2v) is 13.2. The second-order valence-electron chi connectivity index (χ2n) is 13.2. The maximum absolute atomic E-state index is 2.42. The number of rotatable bonds is 4. The molecule has 10 aromatic rings. The first kappa shape index (κ1) is 28.5. The third-order valence-corrected chi connectivity index (χ3v) is 10.5. The maximum Gasteiger partial charge on any atom is -0.00201 e. The fourth-order valence-electron chi connectivity index (χ4n) is 8.06. The lowest BCUT2D eigenvalue weighted by Crippen LogP contribution is -1.93. The summed E-state index contributed by atoms with van der Waals surface area (Å²) in [6, 6.07) is 71.5. The first-order valence-corrected chi connectivity index (χ1v) is 17.3. The Bertz CT molecular complexity index is 2910. The largest absolute Gasteiger partial charge is 0.0616 e. The molecule has 0 aliphatic carbocycles. The summed E-state index contributed by atoms with van der Waals surface area (Å²) < 4.78 is 0. The van der Waals surface area contributed by atoms with E-state index in [0.717, 1.165) is 0 Å². The summed E-state index contributed by atoms with van der Waals surface area (Å²) in [7, 11) is 0. The van der Waals surface area contributed by atoms with E-state index in [2.05, 4.69) is 194 Å². The molecule has 0 fully saturated rings. The van der Waals surface area contributed by atoms with Gasteiger partial charge in [-0.3, -0.25) is 0 Å². The Morgan fingerprint density at radius 1 is 0.200 bits per heavy atom. The molecule has 0 heterocycles. The molecular formula is C50H32. The fraction of sp³-hybridized carbons (Fsp3) is 0. The van der Waals surface area contributed by atoms with Crippen LogP contribution in [0.2, 0.25) is 0 Å². The van der Waals surface area contributed by atoms with Crippen LogP contribution in [0.15, 0.2) is 194 Å². The van der Waals surface area contributed by atoms with Gasteiger partial charge in [0.1, 0.15) is 0 Å². The number of hydrogen-bond donors (Lipinski definition) is 0. The summed E-state index contributed by atoms with van der Waals surface area (Å²) in [6.45, 7) is 0. The monoisotopic (exact) mass is 632 g/mol. The Morgan fingerprint density at radius 2 is 0.640 bits per heavy atom. The zero-order valence-electron chi connectivity index (χ0n) is 27.5. The molecule has 0 heteroatoms. The van der Waals surface area contributed by atoms with Crippen LogP contribution < -0.4 is 0 Å². The molecule has 50 heavy (non-hydrogen) atoms. The maximum atomic E-state index is 2.42. The quantitative estimate of drug-likeness (QED) is 0.181. The summed E-state index contributed by atoms with van der Waals surface area (Å²) in [6.07, 6.45) is 0. The van der Waals surface area contributed by atoms with Crippen LogP contribution in [-0.2, 0) is 0 Å². The average molecular weight is 633 g/mol. The molecule has 0 unspecified atom stereocenters. The fourth-order valence-corrected chi connectivity index (χ4v) is 8.06. The minimum atomic E-state index is 1.22. The van der Waals surface area contributed by atoms with Crippen molar-refractivity contribution in [3.05, 3.63) is 194 Å². The van der Waals surface area contributed by atoms with Crippen LogP contribution in [0.3, 0.4) is 0 Å². The van der Waals surface area contributed by atoms with E-state index in [0.29, 0.717) is 0 Å². The molecule has 0 atom stereocenters. The van der Waals surface area contributed by atoms with E-state index in [4.69, 9.17) is 0 Å². The molecule has 10 rings (SSSR count). The van der Waals surface area contributed by atoms with Gasteiger partial charge in [0, 0.05) is 0 Å². The molecule has 232 valence electrons. The van der Waals surface area contributed by atoms with Gasteiger partial charge in [0.2, 0.25) is 0 Å². The minimum Gasteiger partial charge on any atom is -0.0616 e. The van der Waals surface area contributed by atoms with Gasteiger partial charge < -0.3 is 0 Å². The van der Waals surface area contributed by atoms with E-state index in [1.807, 2.05) is 0 Å². The van der Waals surface area contributed by atoms with E-state index < -0.39 is 0 Å². The molecule has 0 N–H and O–H groups in total. The predicted molar refractivity (Wildman–Crippen MR) is 216 cm³/mol. The van der Waals surface area contributed by atoms with Crippen LogP contribution in [0.25, 0.3) is 98.4 Å². The van der Waals surface area contributed by atoms with Gasteiger partial charge in [-0.1, -0.05) is 182 Å². The van der Waals surface area contributed by atoms with Crippen molar-refractivity contribution in [3.8, 4) is 44.5 Å². The summed E-state index contributed by atoms with van der Waals surface area (Å²) >= 11 is 0. The first-order chi connectivity index (χ1) is 24.8. The van der Waals surface area contributed by atoms with Crippen LogP contribution in [0.5, 0.6) is 0 Å². The molecule has 0 aromatic heterocycles. The Kier molecular flexibility index (Phi) is 6.60. The van der Waals surface area contributed by atoms with Gasteiger partial charge >= 0.3 is 0 Å². The van der Waals surface area contributed by atoms with Gasteiger partial charge in [0.05, 0.1) is 0 Å². The molecule has 0 radical (unpaired) electrons. The van der Waals surface area contributed by atoms with E-state index in [1.54, 1.807) is 0 Å². The smallest absolute Gasteiger partial charge is 0.00201 e. The van der Waals surface area contributed by atoms with E-state index in [9.17, 15) is 0 Å². The number of benzene rings is 10. The van der Waals surface area contributed by atoms with E-state index >= 15 is 0 Å². The van der Waals surface area contributed by atoms with Gasteiger partial charge in [-0.25, -0.2) is 0 Å². The number of fused-ring (bicyclic) bond motifs is 5. The lowest BCUT2D eigenvalue weighted by atomic mass is 9.84. The standard InChI is InChI=1S/C50H32/c1-2-14-37-31-38(25-23-33(37)11-1)43-29-30-48(46-20-8-7-19-44(43)46)50-47(45-22-10-16-35-13-4-6-18-41(35)45)28-27-36-24-26-39(32-49(36)50)42-21-9-15-34-12-3-5-17-40(34)42/h1-32H. The van der Waals surface area contributed by atoms with Gasteiger partial charge in [-0.05, 0) is 111 Å². The Labute approximate surface area is 291 Å². The molecule has 0 saturated heterocycles. The van der Waals surface area contributed by atoms with Crippen molar-refractivity contribution >= 4 is 53.9 Å². The molecule has 0 bridgehead atoms. The average Bonchev–Trinajstić information content (AvgIpc) is 3.19. The summed E-state index contributed by atoms with van der Waals surface area (Å²) in [5.74, 6) is 0. The third kappa shape index (κ3) is 4.61. The van der Waals surface area contributed by atoms with Crippen molar-refractivity contribution in [1.29, 1.82) is 0 Å². The van der Waals surface area contributed by atoms with Crippen LogP contribution in [0, 0.1) is 0 Å². The lowest BCUT2D eigenvalue weighted by molar-refractivity contribution is 1.63. The Balaban J connectivity index is 1.29. The minimum absolute atomic E-state index is 1.22. The topological polar surface area (TPSA) is 0 Å². The highest BCUT2D eigenvalue weighted by Crippen LogP contribution is 2.46. The zero-order chi connectivity index (χ0) is 33.0. The third-order valence-electron chi connectivity index (χ3n) is 10.5. The Hall–Kier alpha value is -6.50. The van der Waals surface area contributed by atoms with Crippen LogP contribution in [-0.4, -0.2) is 0 Å². The zero-order valence-corrected chi connectivity index (χ0v) is 27.5. The summed E-state index contributed by atoms with van der Waals surface area (Å²) in [4.78, 5) is 0. The predicted octanol–water partition coefficient (Wildman–Crippen LogP) is 14.1. The normalized spacial score (nSPS) is 11.6. The molecule has 0 nitrogen and oxygen atoms in total. The van der Waals surface area contributed by atoms with Gasteiger partial charge in [-0.2, -0.15) is 0 Å². The van der Waals surface area contributed by atoms with Crippen molar-refractivity contribution in [2.75, 3.05) is 0 Å². The van der Waals surface area contributed by atoms with Crippen LogP contribution in [0.4, 0.5) is 0 Å². The summed E-state index contributed by atoms with van der Waals surface area (Å²) in [5.41, 5.74) is 9.96. The molecule has 10 aromatic carbocycles. The molecule has 0 saturated carbocycles. The first-order valence-electron chi connectivity index (χ1n) is 17.3. The highest BCUT2D eigenvalue weighted by Gasteiger charge is 2.19. The highest BCUT2D eigenvalue weighted by atomic mass is 14.2. The van der Waals surface area contributed by atoms with Gasteiger partial charge in [0.25, 0.3) is 0 Å². The lowest BCUT2D eigenvalue weighted by Gasteiger charge is -2.20. The van der Waals surface area contributed by atoms with E-state index in [-0.39, 0.29) is 0 Å². The Morgan fingerprint density at radius 3 is 1.38 bits per heavy atom. The molecular weight excluding hydrogens is 601 g/mol. The molecule has 0 aliphatic rings. The van der Waals surface area contributed by atoms with Gasteiger partial charge in [0.15, 0.2) is 0 Å². The number of hydrogen-bond acceptors (Lipinski definition) is 0. The summed E-state index contributed by atoms with van der Waals surface area (Å²) in [5, 5.41) is 12.5. The van der Waals surface area contributed by atoms with Crippen molar-refractivity contribution in [1.82, 2.24) is 0 Å². The van der Waals surface area contributed by atoms with E-state index in [1.165, 1.54) is 98.4 Å². The second kappa shape index (κ2) is 11.6. The van der Waals surface area contributed by atoms with Crippen molar-refractivity contribution in [2.24, 2.45) is 0 Å². The van der Waals surface area contributed by atoms with Crippen LogP contribution >= 0.6 is 0 Å². The highest BCUT2D eigenvalue weighted by molar-refractivity contribution is 6.16. The van der Waals surface area contributed by atoms with Crippen molar-refractivity contribution in [2.45, 2.75) is 0 Å². The molecule has 0 amide bonds. The van der Waals surface area contributed by atoms with Crippen molar-refractivity contribution < 1.29 is 0 Å². The van der Waals surface area contributed by atoms with Gasteiger partial charge in [-0.15, -0.1) is 0 Å². The SMILES string of the molecule is c1ccc2cc(-c3ccc(-c4c(-c5cccc6ccccc56)ccc5ccc(-c6cccc7ccccc67)cc45)c4ccccc34)ccc2c1. The molecule has 0 aliphatic heterocycles.